The van der Waals surface area contributed by atoms with Crippen molar-refractivity contribution < 1.29 is 0 Å². The molecule has 1 aromatic rings. The molecule has 2 heteroatoms. The van der Waals surface area contributed by atoms with E-state index in [-0.39, 0.29) is 0 Å². The molecule has 1 saturated carbocycles. The average Bonchev–Trinajstić information content (AvgIpc) is 2.99. The third-order valence-electron chi connectivity index (χ3n) is 3.19. The number of hydrogen-bond donors (Lipinski definition) is 1. The van der Waals surface area contributed by atoms with Crippen LogP contribution in [0.15, 0.2) is 29.2 Å². The van der Waals surface area contributed by atoms with Gasteiger partial charge in [-0.15, -0.1) is 11.8 Å². The Labute approximate surface area is 103 Å². The van der Waals surface area contributed by atoms with Crippen LogP contribution in [0.5, 0.6) is 0 Å². The summed E-state index contributed by atoms with van der Waals surface area (Å²) in [6.45, 7) is 5.61. The monoisotopic (exact) mass is 235 g/mol. The first-order valence-corrected chi connectivity index (χ1v) is 6.96. The van der Waals surface area contributed by atoms with Crippen LogP contribution < -0.4 is 5.32 Å². The van der Waals surface area contributed by atoms with E-state index in [1.54, 1.807) is 0 Å². The Bertz CT molecular complexity index is 356. The van der Waals surface area contributed by atoms with E-state index in [0.717, 1.165) is 6.54 Å². The molecule has 0 aromatic heterocycles. The Morgan fingerprint density at radius 1 is 1.38 bits per heavy atom. The molecule has 0 spiro atoms. The average molecular weight is 235 g/mol. The minimum atomic E-state index is 0.447. The van der Waals surface area contributed by atoms with Crippen molar-refractivity contribution in [1.29, 1.82) is 0 Å². The Morgan fingerprint density at radius 3 is 2.69 bits per heavy atom. The fraction of sp³-hybridized carbons (Fsp3) is 0.571. The summed E-state index contributed by atoms with van der Waals surface area (Å²) in [5, 5.41) is 3.98. The van der Waals surface area contributed by atoms with Gasteiger partial charge >= 0.3 is 0 Å². The molecule has 0 radical (unpaired) electrons. The predicted molar refractivity (Wildman–Crippen MR) is 72.3 cm³/mol. The number of thioether (sulfide) groups is 1. The van der Waals surface area contributed by atoms with E-state index in [2.05, 4.69) is 43.4 Å². The molecular formula is C14H21NS. The molecule has 88 valence electrons. The van der Waals surface area contributed by atoms with Crippen molar-refractivity contribution in [1.82, 2.24) is 5.32 Å². The number of benzene rings is 1. The summed E-state index contributed by atoms with van der Waals surface area (Å²) in [5.41, 5.74) is 1.97. The molecule has 1 aromatic carbocycles. The van der Waals surface area contributed by atoms with Gasteiger partial charge in [0.15, 0.2) is 0 Å². The van der Waals surface area contributed by atoms with E-state index in [1.165, 1.54) is 23.3 Å². The summed E-state index contributed by atoms with van der Waals surface area (Å²) < 4.78 is 0. The molecule has 1 aliphatic rings. The van der Waals surface area contributed by atoms with Gasteiger partial charge in [0.1, 0.15) is 0 Å². The molecule has 1 N–H and O–H groups in total. The fourth-order valence-electron chi connectivity index (χ4n) is 2.23. The quantitative estimate of drug-likeness (QED) is 0.785. The van der Waals surface area contributed by atoms with Crippen molar-refractivity contribution in [2.24, 2.45) is 0 Å². The van der Waals surface area contributed by atoms with E-state index in [0.29, 0.717) is 10.7 Å². The summed E-state index contributed by atoms with van der Waals surface area (Å²) in [6.07, 6.45) is 2.67. The predicted octanol–water partition coefficient (Wildman–Crippen LogP) is 3.44. The molecule has 0 atom stereocenters. The maximum atomic E-state index is 3.32. The summed E-state index contributed by atoms with van der Waals surface area (Å²) in [4.78, 5) is 1.41. The zero-order chi connectivity index (χ0) is 11.6. The first-order chi connectivity index (χ1) is 7.66. The number of hydrogen-bond acceptors (Lipinski definition) is 2. The van der Waals surface area contributed by atoms with Crippen LogP contribution in [0, 0.1) is 0 Å². The highest BCUT2D eigenvalue weighted by molar-refractivity contribution is 7.99. The minimum absolute atomic E-state index is 0.447. The van der Waals surface area contributed by atoms with Gasteiger partial charge in [-0.25, -0.2) is 0 Å². The Morgan fingerprint density at radius 2 is 2.12 bits per heavy atom. The van der Waals surface area contributed by atoms with E-state index < -0.39 is 0 Å². The topological polar surface area (TPSA) is 12.0 Å². The molecular weight excluding hydrogens is 214 g/mol. The molecule has 1 nitrogen and oxygen atoms in total. The molecule has 1 aliphatic carbocycles. The maximum Gasteiger partial charge on any atom is 0.00787 e. The lowest BCUT2D eigenvalue weighted by atomic mass is 9.96. The molecule has 0 aliphatic heterocycles. The molecule has 0 bridgehead atoms. The molecule has 16 heavy (non-hydrogen) atoms. The molecule has 0 heterocycles. The largest absolute Gasteiger partial charge is 0.319 e. The standard InChI is InChI=1S/C14H21NS/c1-11(2)16-13-6-4-5-12(9-13)14(7-8-14)10-15-3/h4-6,9,11,15H,7-8,10H2,1-3H3. The highest BCUT2D eigenvalue weighted by Gasteiger charge is 2.43. The molecule has 0 unspecified atom stereocenters. The van der Waals surface area contributed by atoms with Crippen molar-refractivity contribution in [2.75, 3.05) is 13.6 Å². The van der Waals surface area contributed by atoms with Crippen molar-refractivity contribution in [3.63, 3.8) is 0 Å². The first kappa shape index (κ1) is 12.0. The summed E-state index contributed by atoms with van der Waals surface area (Å²) in [6, 6.07) is 9.10. The van der Waals surface area contributed by atoms with Crippen LogP contribution in [-0.4, -0.2) is 18.8 Å². The van der Waals surface area contributed by atoms with Crippen LogP contribution in [0.3, 0.4) is 0 Å². The number of likely N-dealkylation sites (N-methyl/N-ethyl adjacent to an activating group) is 1. The van der Waals surface area contributed by atoms with Gasteiger partial charge in [-0.1, -0.05) is 26.0 Å². The second-order valence-corrected chi connectivity index (χ2v) is 6.66. The zero-order valence-corrected chi connectivity index (χ0v) is 11.2. The smallest absolute Gasteiger partial charge is 0.00787 e. The lowest BCUT2D eigenvalue weighted by Gasteiger charge is -2.16. The Hall–Kier alpha value is -0.470. The number of rotatable bonds is 5. The van der Waals surface area contributed by atoms with Gasteiger partial charge in [0.05, 0.1) is 0 Å². The van der Waals surface area contributed by atoms with Crippen LogP contribution in [0.1, 0.15) is 32.3 Å². The van der Waals surface area contributed by atoms with Gasteiger partial charge in [-0.05, 0) is 37.6 Å². The SMILES string of the molecule is CNCC1(c2cccc(SC(C)C)c2)CC1. The highest BCUT2D eigenvalue weighted by atomic mass is 32.2. The van der Waals surface area contributed by atoms with Gasteiger partial charge in [-0.3, -0.25) is 0 Å². The van der Waals surface area contributed by atoms with E-state index in [1.807, 2.05) is 18.8 Å². The summed E-state index contributed by atoms with van der Waals surface area (Å²) in [7, 11) is 2.05. The van der Waals surface area contributed by atoms with Gasteiger partial charge < -0.3 is 5.32 Å². The van der Waals surface area contributed by atoms with Crippen molar-refractivity contribution in [3.8, 4) is 0 Å². The maximum absolute atomic E-state index is 3.32. The number of nitrogens with one attached hydrogen (secondary N) is 1. The van der Waals surface area contributed by atoms with E-state index in [9.17, 15) is 0 Å². The van der Waals surface area contributed by atoms with Crippen molar-refractivity contribution >= 4 is 11.8 Å². The van der Waals surface area contributed by atoms with Crippen molar-refractivity contribution in [3.05, 3.63) is 29.8 Å². The Balaban J connectivity index is 2.16. The first-order valence-electron chi connectivity index (χ1n) is 6.08. The van der Waals surface area contributed by atoms with Crippen LogP contribution in [0.2, 0.25) is 0 Å². The van der Waals surface area contributed by atoms with Gasteiger partial charge in [-0.2, -0.15) is 0 Å². The van der Waals surface area contributed by atoms with Gasteiger partial charge in [0.25, 0.3) is 0 Å². The zero-order valence-electron chi connectivity index (χ0n) is 10.4. The van der Waals surface area contributed by atoms with Crippen LogP contribution in [0.25, 0.3) is 0 Å². The minimum Gasteiger partial charge on any atom is -0.319 e. The van der Waals surface area contributed by atoms with E-state index in [4.69, 9.17) is 0 Å². The normalized spacial score (nSPS) is 17.8. The van der Waals surface area contributed by atoms with E-state index >= 15 is 0 Å². The summed E-state index contributed by atoms with van der Waals surface area (Å²) in [5.74, 6) is 0. The molecule has 0 amide bonds. The molecule has 2 rings (SSSR count). The third-order valence-corrected chi connectivity index (χ3v) is 4.18. The Kier molecular flexibility index (Phi) is 3.60. The lowest BCUT2D eigenvalue weighted by Crippen LogP contribution is -2.23. The summed E-state index contributed by atoms with van der Waals surface area (Å²) >= 11 is 1.95. The second kappa shape index (κ2) is 4.80. The van der Waals surface area contributed by atoms with Gasteiger partial charge in [0, 0.05) is 22.1 Å². The fourth-order valence-corrected chi connectivity index (χ4v) is 3.12. The van der Waals surface area contributed by atoms with Crippen LogP contribution in [-0.2, 0) is 5.41 Å². The highest BCUT2D eigenvalue weighted by Crippen LogP contribution is 2.48. The van der Waals surface area contributed by atoms with Crippen LogP contribution in [0.4, 0.5) is 0 Å². The second-order valence-electron chi connectivity index (χ2n) is 5.01. The molecule has 1 fully saturated rings. The van der Waals surface area contributed by atoms with Gasteiger partial charge in [0.2, 0.25) is 0 Å². The molecule has 0 saturated heterocycles. The van der Waals surface area contributed by atoms with Crippen molar-refractivity contribution in [2.45, 2.75) is 42.2 Å². The lowest BCUT2D eigenvalue weighted by molar-refractivity contribution is 0.623. The van der Waals surface area contributed by atoms with Crippen LogP contribution >= 0.6 is 11.8 Å². The third kappa shape index (κ3) is 2.61.